The Labute approximate surface area is 185 Å². The topological polar surface area (TPSA) is 81.4 Å². The van der Waals surface area contributed by atoms with Gasteiger partial charge in [0.1, 0.15) is 10.8 Å². The van der Waals surface area contributed by atoms with E-state index in [0.717, 1.165) is 39.0 Å². The maximum atomic E-state index is 12.5. The van der Waals surface area contributed by atoms with Gasteiger partial charge in [0.15, 0.2) is 12.4 Å². The van der Waals surface area contributed by atoms with Gasteiger partial charge in [0.2, 0.25) is 4.96 Å². The molecule has 1 amide bonds. The number of amides is 1. The molecule has 4 rings (SSSR count). The van der Waals surface area contributed by atoms with Gasteiger partial charge < -0.3 is 10.1 Å². The third-order valence-electron chi connectivity index (χ3n) is 5.34. The van der Waals surface area contributed by atoms with Crippen LogP contribution in [0.5, 0.6) is 5.75 Å². The van der Waals surface area contributed by atoms with Crippen molar-refractivity contribution in [2.45, 2.75) is 40.0 Å². The van der Waals surface area contributed by atoms with E-state index in [9.17, 15) is 4.79 Å². The number of aryl methyl sites for hydroxylation is 2. The van der Waals surface area contributed by atoms with E-state index in [1.165, 1.54) is 16.9 Å². The van der Waals surface area contributed by atoms with Crippen LogP contribution in [0.1, 0.15) is 43.1 Å². The second-order valence-corrected chi connectivity index (χ2v) is 8.55. The average molecular weight is 436 g/mol. The molecule has 0 fully saturated rings. The molecule has 0 saturated carbocycles. The summed E-state index contributed by atoms with van der Waals surface area (Å²) in [4.78, 5) is 13.2. The van der Waals surface area contributed by atoms with Gasteiger partial charge in [-0.05, 0) is 55.5 Å². The van der Waals surface area contributed by atoms with Crippen LogP contribution in [0, 0.1) is 13.8 Å². The number of fused-ring (bicyclic) bond motifs is 1. The number of nitrogens with zero attached hydrogens (tertiary/aromatic N) is 4. The molecule has 0 radical (unpaired) electrons. The molecule has 2 aromatic carbocycles. The maximum absolute atomic E-state index is 12.5. The van der Waals surface area contributed by atoms with Crippen LogP contribution in [0.3, 0.4) is 0 Å². The molecule has 7 nitrogen and oxygen atoms in total. The van der Waals surface area contributed by atoms with E-state index >= 15 is 0 Å². The summed E-state index contributed by atoms with van der Waals surface area (Å²) in [5.41, 5.74) is 3.89. The normalized spacial score (nSPS) is 12.1. The zero-order chi connectivity index (χ0) is 22.0. The molecule has 160 valence electrons. The smallest absolute Gasteiger partial charge is 0.262 e. The Morgan fingerprint density at radius 2 is 1.94 bits per heavy atom. The fourth-order valence-electron chi connectivity index (χ4n) is 3.18. The van der Waals surface area contributed by atoms with Gasteiger partial charge in [-0.25, -0.2) is 0 Å². The summed E-state index contributed by atoms with van der Waals surface area (Å²) in [6.07, 6.45) is 1.09. The van der Waals surface area contributed by atoms with Crippen molar-refractivity contribution in [2.75, 3.05) is 11.9 Å². The van der Waals surface area contributed by atoms with Gasteiger partial charge in [-0.1, -0.05) is 49.4 Å². The zero-order valence-electron chi connectivity index (χ0n) is 18.0. The summed E-state index contributed by atoms with van der Waals surface area (Å²) in [5, 5.41) is 16.5. The molecule has 8 heteroatoms. The molecule has 4 aromatic rings. The third kappa shape index (κ3) is 4.59. The molecule has 2 heterocycles. The number of carbonyl (C=O) groups is 1. The SMILES string of the molecule is CC[C@@H](C)c1ccc(OCC(=O)Nc2cc(-c3nn4c(C)nnc4s3)ccc2C)cc1. The first kappa shape index (κ1) is 21.0. The number of hydrogen-bond acceptors (Lipinski definition) is 6. The Balaban J connectivity index is 1.42. The van der Waals surface area contributed by atoms with Crippen LogP contribution < -0.4 is 10.1 Å². The highest BCUT2D eigenvalue weighted by molar-refractivity contribution is 7.19. The lowest BCUT2D eigenvalue weighted by Gasteiger charge is -2.12. The number of anilines is 1. The number of nitrogens with one attached hydrogen (secondary N) is 1. The molecular weight excluding hydrogens is 410 g/mol. The highest BCUT2D eigenvalue weighted by Crippen LogP contribution is 2.29. The summed E-state index contributed by atoms with van der Waals surface area (Å²) in [6.45, 7) is 8.13. The van der Waals surface area contributed by atoms with Gasteiger partial charge >= 0.3 is 0 Å². The summed E-state index contributed by atoms with van der Waals surface area (Å²) in [7, 11) is 0. The van der Waals surface area contributed by atoms with Crippen molar-refractivity contribution in [2.24, 2.45) is 0 Å². The molecule has 0 aliphatic carbocycles. The van der Waals surface area contributed by atoms with E-state index in [1.807, 2.05) is 44.2 Å². The first-order valence-electron chi connectivity index (χ1n) is 10.3. The first-order chi connectivity index (χ1) is 14.9. The predicted molar refractivity (Wildman–Crippen MR) is 123 cm³/mol. The molecule has 1 atom stereocenters. The zero-order valence-corrected chi connectivity index (χ0v) is 18.9. The Bertz CT molecular complexity index is 1210. The van der Waals surface area contributed by atoms with Gasteiger partial charge in [0, 0.05) is 11.3 Å². The van der Waals surface area contributed by atoms with Gasteiger partial charge in [-0.3, -0.25) is 4.79 Å². The maximum Gasteiger partial charge on any atom is 0.262 e. The third-order valence-corrected chi connectivity index (χ3v) is 6.28. The van der Waals surface area contributed by atoms with Gasteiger partial charge in [-0.15, -0.1) is 10.2 Å². The molecule has 0 unspecified atom stereocenters. The van der Waals surface area contributed by atoms with Crippen LogP contribution in [0.2, 0.25) is 0 Å². The fraction of sp³-hybridized carbons (Fsp3) is 0.304. The Kier molecular flexibility index (Phi) is 5.99. The number of ether oxygens (including phenoxy) is 1. The van der Waals surface area contributed by atoms with Crippen LogP contribution in [0.15, 0.2) is 42.5 Å². The van der Waals surface area contributed by atoms with Crippen molar-refractivity contribution in [3.8, 4) is 16.3 Å². The number of carbonyl (C=O) groups excluding carboxylic acids is 1. The van der Waals surface area contributed by atoms with Crippen molar-refractivity contribution >= 4 is 27.9 Å². The molecule has 0 aliphatic heterocycles. The quantitative estimate of drug-likeness (QED) is 0.442. The lowest BCUT2D eigenvalue weighted by Crippen LogP contribution is -2.20. The van der Waals surface area contributed by atoms with Crippen LogP contribution in [0.25, 0.3) is 15.5 Å². The number of hydrogen-bond donors (Lipinski definition) is 1. The van der Waals surface area contributed by atoms with E-state index in [0.29, 0.717) is 11.7 Å². The minimum Gasteiger partial charge on any atom is -0.484 e. The van der Waals surface area contributed by atoms with E-state index in [2.05, 4.69) is 46.6 Å². The van der Waals surface area contributed by atoms with E-state index < -0.39 is 0 Å². The minimum atomic E-state index is -0.208. The largest absolute Gasteiger partial charge is 0.484 e. The van der Waals surface area contributed by atoms with Crippen molar-refractivity contribution in [3.63, 3.8) is 0 Å². The van der Waals surface area contributed by atoms with Crippen molar-refractivity contribution in [1.82, 2.24) is 19.8 Å². The van der Waals surface area contributed by atoms with E-state index in [1.54, 1.807) is 4.52 Å². The van der Waals surface area contributed by atoms with Crippen LogP contribution >= 0.6 is 11.3 Å². The summed E-state index contributed by atoms with van der Waals surface area (Å²) in [5.74, 6) is 1.73. The highest BCUT2D eigenvalue weighted by atomic mass is 32.1. The first-order valence-corrected chi connectivity index (χ1v) is 11.1. The lowest BCUT2D eigenvalue weighted by molar-refractivity contribution is -0.118. The Morgan fingerprint density at radius 3 is 2.65 bits per heavy atom. The molecule has 0 bridgehead atoms. The van der Waals surface area contributed by atoms with Crippen LogP contribution in [-0.2, 0) is 4.79 Å². The lowest BCUT2D eigenvalue weighted by atomic mass is 9.99. The molecule has 1 N–H and O–H groups in total. The molecular formula is C23H25N5O2S. The second kappa shape index (κ2) is 8.85. The van der Waals surface area contributed by atoms with Crippen molar-refractivity contribution < 1.29 is 9.53 Å². The molecule has 31 heavy (non-hydrogen) atoms. The fourth-order valence-corrected chi connectivity index (χ4v) is 4.07. The van der Waals surface area contributed by atoms with Gasteiger partial charge in [-0.2, -0.15) is 9.61 Å². The number of benzene rings is 2. The predicted octanol–water partition coefficient (Wildman–Crippen LogP) is 5.00. The summed E-state index contributed by atoms with van der Waals surface area (Å²) in [6, 6.07) is 13.8. The van der Waals surface area contributed by atoms with Crippen LogP contribution in [0.4, 0.5) is 5.69 Å². The highest BCUT2D eigenvalue weighted by Gasteiger charge is 2.13. The monoisotopic (exact) mass is 435 g/mol. The van der Waals surface area contributed by atoms with Crippen molar-refractivity contribution in [1.29, 1.82) is 0 Å². The molecule has 0 spiro atoms. The Hall–Kier alpha value is -3.26. The molecule has 0 aliphatic rings. The molecule has 0 saturated heterocycles. The standard InChI is InChI=1S/C23H25N5O2S/c1-5-14(2)17-8-10-19(11-9-17)30-13-21(29)24-20-12-18(7-6-15(20)3)22-27-28-16(4)25-26-23(28)31-22/h6-12,14H,5,13H2,1-4H3,(H,24,29)/t14-/m1/s1. The summed E-state index contributed by atoms with van der Waals surface area (Å²) < 4.78 is 7.39. The Morgan fingerprint density at radius 1 is 1.16 bits per heavy atom. The molecule has 2 aromatic heterocycles. The van der Waals surface area contributed by atoms with E-state index in [4.69, 9.17) is 4.74 Å². The van der Waals surface area contributed by atoms with E-state index in [-0.39, 0.29) is 12.5 Å². The number of aromatic nitrogens is 4. The minimum absolute atomic E-state index is 0.0533. The van der Waals surface area contributed by atoms with Gasteiger partial charge in [0.05, 0.1) is 0 Å². The second-order valence-electron chi connectivity index (χ2n) is 7.59. The summed E-state index contributed by atoms with van der Waals surface area (Å²) >= 11 is 1.46. The average Bonchev–Trinajstić information content (AvgIpc) is 3.35. The van der Waals surface area contributed by atoms with Gasteiger partial charge in [0.25, 0.3) is 5.91 Å². The van der Waals surface area contributed by atoms with Crippen molar-refractivity contribution in [3.05, 3.63) is 59.4 Å². The number of rotatable bonds is 7. The van der Waals surface area contributed by atoms with Crippen LogP contribution in [-0.4, -0.2) is 32.3 Å².